The van der Waals surface area contributed by atoms with Crippen molar-refractivity contribution < 1.29 is 136 Å². The van der Waals surface area contributed by atoms with E-state index in [1.165, 1.54) is 6.07 Å². The predicted molar refractivity (Wildman–Crippen MR) is 70.1 cm³/mol. The van der Waals surface area contributed by atoms with Crippen LogP contribution in [0.4, 0.5) is 0 Å². The molecule has 6 heteroatoms. The van der Waals surface area contributed by atoms with Gasteiger partial charge in [-0.2, -0.15) is 0 Å². The number of hydrogen-bond donors (Lipinski definition) is 0. The van der Waals surface area contributed by atoms with Crippen molar-refractivity contribution in [3.8, 4) is 0 Å². The number of carbonyl (C=O) groups excluding carboxylic acids is 2. The molecule has 0 atom stereocenters. The van der Waals surface area contributed by atoms with Crippen LogP contribution in [0.2, 0.25) is 0 Å². The molecule has 0 unspecified atom stereocenters. The van der Waals surface area contributed by atoms with Crippen molar-refractivity contribution in [3.05, 3.63) is 59.7 Å². The first-order valence-corrected chi connectivity index (χ1v) is 5.96. The molecule has 0 heterocycles. The van der Waals surface area contributed by atoms with E-state index in [0.29, 0.717) is 10.8 Å². The Morgan fingerprint density at radius 3 is 1.86 bits per heavy atom. The largest absolute Gasteiger partial charge is 1.00 e. The van der Waals surface area contributed by atoms with Gasteiger partial charge in [0.25, 0.3) is 0 Å². The van der Waals surface area contributed by atoms with Gasteiger partial charge in [-0.15, -0.1) is 0 Å². The van der Waals surface area contributed by atoms with Crippen LogP contribution in [0.1, 0.15) is 20.7 Å². The maximum atomic E-state index is 11.3. The summed E-state index contributed by atoms with van der Waals surface area (Å²) in [6.45, 7) is 0. The molecule has 0 aromatic heterocycles. The zero-order chi connectivity index (χ0) is 14.3. The maximum Gasteiger partial charge on any atom is 1.00 e. The Labute approximate surface area is 224 Å². The number of rotatable bonds is 2. The first-order chi connectivity index (χ1) is 9.58. The second-order valence-corrected chi connectivity index (χ2v) is 4.48. The van der Waals surface area contributed by atoms with Gasteiger partial charge in [0.15, 0.2) is 0 Å². The molecule has 0 radical (unpaired) electrons. The molecule has 0 saturated heterocycles. The average Bonchev–Trinajstić information content (AvgIpc) is 2.43. The van der Waals surface area contributed by atoms with Crippen LogP contribution in [0.5, 0.6) is 0 Å². The van der Waals surface area contributed by atoms with Gasteiger partial charge in [-0.25, -0.2) is 0 Å². The fourth-order valence-corrected chi connectivity index (χ4v) is 2.40. The number of benzene rings is 3. The zero-order valence-electron chi connectivity index (χ0n) is 12.3. The molecule has 4 nitrogen and oxygen atoms in total. The van der Waals surface area contributed by atoms with Gasteiger partial charge in [0.2, 0.25) is 0 Å². The summed E-state index contributed by atoms with van der Waals surface area (Å²) >= 11 is 0. The molecular weight excluding hydrogens is 427 g/mol. The molecule has 0 amide bonds. The smallest absolute Gasteiger partial charge is 0.545 e. The van der Waals surface area contributed by atoms with Crippen molar-refractivity contribution in [3.63, 3.8) is 0 Å². The standard InChI is InChI=1S/C16H10O4.2Rb/c17-15(18)12-6-5-11-7-9-3-1-2-4-10(9)8-13(11)14(12)16(19)20;;/h1-8H,(H,17,18)(H,19,20);;/q;2*+1/p-2. The summed E-state index contributed by atoms with van der Waals surface area (Å²) in [5.74, 6) is -3.05. The van der Waals surface area contributed by atoms with Crippen LogP contribution in [0, 0.1) is 0 Å². The molecule has 0 fully saturated rings. The minimum atomic E-state index is -1.53. The summed E-state index contributed by atoms with van der Waals surface area (Å²) in [4.78, 5) is 22.3. The molecule has 3 aromatic carbocycles. The van der Waals surface area contributed by atoms with Crippen LogP contribution >= 0.6 is 0 Å². The summed E-state index contributed by atoms with van der Waals surface area (Å²) in [7, 11) is 0. The molecule has 98 valence electrons. The molecule has 0 saturated carbocycles. The van der Waals surface area contributed by atoms with Crippen LogP contribution in [-0.2, 0) is 0 Å². The van der Waals surface area contributed by atoms with E-state index < -0.39 is 11.9 Å². The molecule has 0 aliphatic carbocycles. The minimum absolute atomic E-state index is 0. The van der Waals surface area contributed by atoms with Gasteiger partial charge in [0.05, 0.1) is 11.9 Å². The van der Waals surface area contributed by atoms with E-state index in [0.717, 1.165) is 10.8 Å². The van der Waals surface area contributed by atoms with Gasteiger partial charge in [0, 0.05) is 11.1 Å². The Kier molecular flexibility index (Phi) is 8.23. The van der Waals surface area contributed by atoms with Gasteiger partial charge in [-0.3, -0.25) is 0 Å². The van der Waals surface area contributed by atoms with Crippen molar-refractivity contribution in [2.45, 2.75) is 0 Å². The first-order valence-electron chi connectivity index (χ1n) is 5.96. The number of aromatic carboxylic acids is 2. The second kappa shape index (κ2) is 8.72. The summed E-state index contributed by atoms with van der Waals surface area (Å²) in [5, 5.41) is 25.1. The first kappa shape index (κ1) is 20.8. The van der Waals surface area contributed by atoms with Crippen molar-refractivity contribution >= 4 is 33.5 Å². The van der Waals surface area contributed by atoms with Crippen LogP contribution in [-0.4, -0.2) is 11.9 Å². The average molecular weight is 435 g/mol. The van der Waals surface area contributed by atoms with Crippen LogP contribution in [0.15, 0.2) is 48.5 Å². The number of carboxylic acid groups (broad SMARTS) is 2. The van der Waals surface area contributed by atoms with Crippen LogP contribution in [0.25, 0.3) is 21.5 Å². The Balaban J connectivity index is 0.00000121. The zero-order valence-corrected chi connectivity index (χ0v) is 22.1. The predicted octanol–water partition coefficient (Wildman–Crippen LogP) is -5.27. The van der Waals surface area contributed by atoms with Crippen molar-refractivity contribution in [1.29, 1.82) is 0 Å². The summed E-state index contributed by atoms with van der Waals surface area (Å²) in [6, 6.07) is 13.7. The molecule has 0 aliphatic heterocycles. The summed E-state index contributed by atoms with van der Waals surface area (Å²) < 4.78 is 0. The SMILES string of the molecule is O=C([O-])c1ccc2cc3ccccc3cc2c1C(=O)[O-].[Rb+].[Rb+]. The van der Waals surface area contributed by atoms with Crippen molar-refractivity contribution in [1.82, 2.24) is 0 Å². The Morgan fingerprint density at radius 1 is 0.727 bits per heavy atom. The van der Waals surface area contributed by atoms with Crippen molar-refractivity contribution in [2.24, 2.45) is 0 Å². The fourth-order valence-electron chi connectivity index (χ4n) is 2.40. The van der Waals surface area contributed by atoms with Crippen LogP contribution in [0.3, 0.4) is 0 Å². The summed E-state index contributed by atoms with van der Waals surface area (Å²) in [6.07, 6.45) is 0. The van der Waals surface area contributed by atoms with Gasteiger partial charge >= 0.3 is 116 Å². The number of hydrogen-bond acceptors (Lipinski definition) is 4. The number of carboxylic acids is 2. The van der Waals surface area contributed by atoms with Gasteiger partial charge in [0.1, 0.15) is 0 Å². The third-order valence-electron chi connectivity index (χ3n) is 3.31. The Bertz CT molecular complexity index is 875. The molecule has 0 N–H and O–H groups in total. The van der Waals surface area contributed by atoms with E-state index in [1.807, 2.05) is 30.3 Å². The molecular formula is C16H8O4Rb2. The molecule has 22 heavy (non-hydrogen) atoms. The third-order valence-corrected chi connectivity index (χ3v) is 3.31. The molecule has 0 bridgehead atoms. The fraction of sp³-hybridized carbons (Fsp3) is 0. The molecule has 3 aromatic rings. The van der Waals surface area contributed by atoms with E-state index >= 15 is 0 Å². The number of fused-ring (bicyclic) bond motifs is 2. The second-order valence-electron chi connectivity index (χ2n) is 4.48. The van der Waals surface area contributed by atoms with E-state index in [2.05, 4.69) is 0 Å². The quantitative estimate of drug-likeness (QED) is 0.377. The van der Waals surface area contributed by atoms with E-state index in [-0.39, 0.29) is 128 Å². The minimum Gasteiger partial charge on any atom is -0.545 e. The van der Waals surface area contributed by atoms with Gasteiger partial charge in [-0.1, -0.05) is 36.4 Å². The molecule has 0 spiro atoms. The Hall–Kier alpha value is 0.730. The number of carbonyl (C=O) groups is 2. The van der Waals surface area contributed by atoms with E-state index in [1.54, 1.807) is 12.1 Å². The monoisotopic (exact) mass is 434 g/mol. The normalized spacial score (nSPS) is 9.82. The molecule has 0 aliphatic rings. The van der Waals surface area contributed by atoms with E-state index in [4.69, 9.17) is 0 Å². The van der Waals surface area contributed by atoms with E-state index in [9.17, 15) is 19.8 Å². The van der Waals surface area contributed by atoms with Gasteiger partial charge < -0.3 is 19.8 Å². The van der Waals surface area contributed by atoms with Gasteiger partial charge in [-0.05, 0) is 33.7 Å². The van der Waals surface area contributed by atoms with Crippen LogP contribution < -0.4 is 127 Å². The topological polar surface area (TPSA) is 80.3 Å². The third kappa shape index (κ3) is 4.03. The maximum absolute atomic E-state index is 11.3. The Morgan fingerprint density at radius 2 is 1.32 bits per heavy atom. The molecule has 3 rings (SSSR count). The summed E-state index contributed by atoms with van der Waals surface area (Å²) in [5.41, 5.74) is -0.707. The van der Waals surface area contributed by atoms with Crippen molar-refractivity contribution in [2.75, 3.05) is 0 Å².